The monoisotopic (exact) mass is 291 g/mol. The third kappa shape index (κ3) is 3.37. The van der Waals surface area contributed by atoms with E-state index in [0.717, 1.165) is 5.52 Å². The van der Waals surface area contributed by atoms with Crippen LogP contribution in [0.5, 0.6) is 0 Å². The first-order chi connectivity index (χ1) is 8.88. The van der Waals surface area contributed by atoms with Crippen LogP contribution in [0.2, 0.25) is 0 Å². The fourth-order valence-electron chi connectivity index (χ4n) is 1.98. The van der Waals surface area contributed by atoms with Crippen molar-refractivity contribution in [3.05, 3.63) is 24.3 Å². The molecule has 104 valence electrons. The predicted molar refractivity (Wildman–Crippen MR) is 67.1 cm³/mol. The highest BCUT2D eigenvalue weighted by Crippen LogP contribution is 2.26. The van der Waals surface area contributed by atoms with Crippen LogP contribution in [-0.4, -0.2) is 20.7 Å². The number of fused-ring (bicyclic) bond motifs is 1. The summed E-state index contributed by atoms with van der Waals surface area (Å²) in [5.41, 5.74) is 1.41. The third-order valence-electron chi connectivity index (χ3n) is 2.78. The molecular weight excluding hydrogens is 279 g/mol. The minimum atomic E-state index is -4.13. The number of imidazole rings is 1. The van der Waals surface area contributed by atoms with Gasteiger partial charge in [-0.1, -0.05) is 0 Å². The number of halogens is 4. The zero-order chi connectivity index (χ0) is 14.0. The fourth-order valence-corrected chi connectivity index (χ4v) is 2.14. The highest BCUT2D eigenvalue weighted by molar-refractivity contribution is 6.20. The van der Waals surface area contributed by atoms with Gasteiger partial charge in [0.1, 0.15) is 11.3 Å². The molecule has 0 bridgehead atoms. The molecule has 1 atom stereocenters. The maximum atomic E-state index is 12.2. The SMILES string of the molecule is CC(Cl)c1nc2cnccc2n1CCCC(F)(F)F. The lowest BCUT2D eigenvalue weighted by atomic mass is 10.3. The molecule has 2 aromatic rings. The fraction of sp³-hybridized carbons (Fsp3) is 0.500. The number of pyridine rings is 1. The molecule has 19 heavy (non-hydrogen) atoms. The second kappa shape index (κ2) is 5.36. The minimum Gasteiger partial charge on any atom is -0.327 e. The molecule has 0 amide bonds. The van der Waals surface area contributed by atoms with E-state index in [1.54, 1.807) is 30.0 Å². The second-order valence-corrected chi connectivity index (χ2v) is 4.98. The molecule has 0 saturated heterocycles. The largest absolute Gasteiger partial charge is 0.389 e. The first-order valence-electron chi connectivity index (χ1n) is 5.89. The summed E-state index contributed by atoms with van der Waals surface area (Å²) in [6.07, 6.45) is -1.77. The third-order valence-corrected chi connectivity index (χ3v) is 2.97. The number of nitrogens with zero attached hydrogens (tertiary/aromatic N) is 3. The van der Waals surface area contributed by atoms with Crippen LogP contribution in [0, 0.1) is 0 Å². The van der Waals surface area contributed by atoms with E-state index in [9.17, 15) is 13.2 Å². The summed E-state index contributed by atoms with van der Waals surface area (Å²) in [5, 5.41) is -0.363. The molecule has 2 heterocycles. The van der Waals surface area contributed by atoms with Gasteiger partial charge in [-0.15, -0.1) is 11.6 Å². The van der Waals surface area contributed by atoms with E-state index in [4.69, 9.17) is 11.6 Å². The van der Waals surface area contributed by atoms with Crippen molar-refractivity contribution < 1.29 is 13.2 Å². The van der Waals surface area contributed by atoms with Crippen molar-refractivity contribution in [1.82, 2.24) is 14.5 Å². The van der Waals surface area contributed by atoms with Crippen LogP contribution in [0.1, 0.15) is 31.0 Å². The molecule has 0 aliphatic heterocycles. The molecule has 0 N–H and O–H groups in total. The Labute approximate surface area is 113 Å². The molecule has 0 saturated carbocycles. The number of rotatable bonds is 4. The molecule has 0 radical (unpaired) electrons. The van der Waals surface area contributed by atoms with Gasteiger partial charge in [0.05, 0.1) is 17.1 Å². The minimum absolute atomic E-state index is 0.00783. The predicted octanol–water partition coefficient (Wildman–Crippen LogP) is 4.07. The molecule has 7 heteroatoms. The van der Waals surface area contributed by atoms with Crippen LogP contribution in [0.4, 0.5) is 13.2 Å². The molecule has 0 fully saturated rings. The number of alkyl halides is 4. The van der Waals surface area contributed by atoms with Gasteiger partial charge in [0, 0.05) is 19.2 Å². The average Bonchev–Trinajstić information content (AvgIpc) is 2.67. The molecule has 0 aromatic carbocycles. The van der Waals surface area contributed by atoms with Crippen molar-refractivity contribution in [2.24, 2.45) is 0 Å². The Kier molecular flexibility index (Phi) is 3.99. The van der Waals surface area contributed by atoms with Gasteiger partial charge in [0.15, 0.2) is 0 Å². The van der Waals surface area contributed by atoms with Crippen molar-refractivity contribution >= 4 is 22.6 Å². The van der Waals surface area contributed by atoms with Gasteiger partial charge in [0.25, 0.3) is 0 Å². The summed E-state index contributed by atoms with van der Waals surface area (Å²) in [4.78, 5) is 8.26. The molecule has 1 unspecified atom stereocenters. The van der Waals surface area contributed by atoms with E-state index in [2.05, 4.69) is 9.97 Å². The summed E-state index contributed by atoms with van der Waals surface area (Å²) in [7, 11) is 0. The van der Waals surface area contributed by atoms with Crippen LogP contribution < -0.4 is 0 Å². The number of aryl methyl sites for hydroxylation is 1. The zero-order valence-electron chi connectivity index (χ0n) is 10.3. The van der Waals surface area contributed by atoms with E-state index >= 15 is 0 Å². The molecule has 0 aliphatic rings. The maximum absolute atomic E-state index is 12.2. The number of hydrogen-bond acceptors (Lipinski definition) is 2. The lowest BCUT2D eigenvalue weighted by Crippen LogP contribution is -2.11. The molecule has 2 aromatic heterocycles. The first kappa shape index (κ1) is 14.1. The Morgan fingerprint density at radius 3 is 2.79 bits per heavy atom. The van der Waals surface area contributed by atoms with Crippen LogP contribution in [0.3, 0.4) is 0 Å². The summed E-state index contributed by atoms with van der Waals surface area (Å²) in [6, 6.07) is 1.73. The summed E-state index contributed by atoms with van der Waals surface area (Å²) >= 11 is 6.02. The van der Waals surface area contributed by atoms with Crippen LogP contribution >= 0.6 is 11.6 Å². The molecule has 0 spiro atoms. The second-order valence-electron chi connectivity index (χ2n) is 4.32. The standard InChI is InChI=1S/C12H13ClF3N3/c1-8(13)11-18-9-7-17-5-3-10(9)19(11)6-2-4-12(14,15)16/h3,5,7-8H,2,4,6H2,1H3. The van der Waals surface area contributed by atoms with Gasteiger partial charge in [-0.2, -0.15) is 13.2 Å². The first-order valence-corrected chi connectivity index (χ1v) is 6.33. The number of aromatic nitrogens is 3. The van der Waals surface area contributed by atoms with Crippen LogP contribution in [0.15, 0.2) is 18.5 Å². The molecule has 0 aliphatic carbocycles. The molecule has 2 rings (SSSR count). The van der Waals surface area contributed by atoms with E-state index in [0.29, 0.717) is 11.3 Å². The van der Waals surface area contributed by atoms with Crippen molar-refractivity contribution in [2.75, 3.05) is 0 Å². The summed E-state index contributed by atoms with van der Waals surface area (Å²) in [5.74, 6) is 0.576. The lowest BCUT2D eigenvalue weighted by molar-refractivity contribution is -0.135. The normalized spacial score (nSPS) is 13.9. The Hall–Kier alpha value is -1.30. The van der Waals surface area contributed by atoms with Crippen molar-refractivity contribution in [1.29, 1.82) is 0 Å². The van der Waals surface area contributed by atoms with E-state index in [1.807, 2.05) is 0 Å². The topological polar surface area (TPSA) is 30.7 Å². The van der Waals surface area contributed by atoms with E-state index < -0.39 is 12.6 Å². The van der Waals surface area contributed by atoms with Crippen LogP contribution in [-0.2, 0) is 6.54 Å². The Balaban J connectivity index is 2.27. The van der Waals surface area contributed by atoms with Gasteiger partial charge >= 0.3 is 6.18 Å². The average molecular weight is 292 g/mol. The van der Waals surface area contributed by atoms with Crippen molar-refractivity contribution in [2.45, 2.75) is 37.9 Å². The van der Waals surface area contributed by atoms with E-state index in [-0.39, 0.29) is 18.3 Å². The van der Waals surface area contributed by atoms with Gasteiger partial charge in [-0.3, -0.25) is 4.98 Å². The van der Waals surface area contributed by atoms with Crippen LogP contribution in [0.25, 0.3) is 11.0 Å². The van der Waals surface area contributed by atoms with Crippen molar-refractivity contribution in [3.63, 3.8) is 0 Å². The highest BCUT2D eigenvalue weighted by Gasteiger charge is 2.26. The lowest BCUT2D eigenvalue weighted by Gasteiger charge is -2.11. The molecular formula is C12H13ClF3N3. The Morgan fingerprint density at radius 1 is 1.42 bits per heavy atom. The van der Waals surface area contributed by atoms with Gasteiger partial charge in [0.2, 0.25) is 0 Å². The Bertz CT molecular complexity index is 563. The smallest absolute Gasteiger partial charge is 0.327 e. The van der Waals surface area contributed by atoms with Gasteiger partial charge < -0.3 is 4.57 Å². The Morgan fingerprint density at radius 2 is 2.16 bits per heavy atom. The zero-order valence-corrected chi connectivity index (χ0v) is 11.0. The van der Waals surface area contributed by atoms with Gasteiger partial charge in [-0.05, 0) is 19.4 Å². The number of hydrogen-bond donors (Lipinski definition) is 0. The van der Waals surface area contributed by atoms with Gasteiger partial charge in [-0.25, -0.2) is 4.98 Å². The highest BCUT2D eigenvalue weighted by atomic mass is 35.5. The van der Waals surface area contributed by atoms with Crippen molar-refractivity contribution in [3.8, 4) is 0 Å². The summed E-state index contributed by atoms with van der Waals surface area (Å²) < 4.78 is 38.3. The summed E-state index contributed by atoms with van der Waals surface area (Å²) in [6.45, 7) is 1.99. The quantitative estimate of drug-likeness (QED) is 0.795. The molecule has 3 nitrogen and oxygen atoms in total. The van der Waals surface area contributed by atoms with E-state index in [1.165, 1.54) is 0 Å². The maximum Gasteiger partial charge on any atom is 0.389 e.